The Kier molecular flexibility index (Phi) is 6.90. The van der Waals surface area contributed by atoms with Crippen LogP contribution in [-0.2, 0) is 0 Å². The molecule has 1 N–H and O–H groups in total. The van der Waals surface area contributed by atoms with Crippen molar-refractivity contribution in [2.24, 2.45) is 5.92 Å². The average molecular weight is 258 g/mol. The molecule has 0 aromatic carbocycles. The second kappa shape index (κ2) is 7.65. The molecule has 0 aromatic heterocycles. The monoisotopic (exact) mass is 258 g/mol. The van der Waals surface area contributed by atoms with Crippen molar-refractivity contribution >= 4 is 11.8 Å². The van der Waals surface area contributed by atoms with Gasteiger partial charge in [0.15, 0.2) is 0 Å². The fourth-order valence-electron chi connectivity index (χ4n) is 2.72. The van der Waals surface area contributed by atoms with Gasteiger partial charge in [0.2, 0.25) is 0 Å². The van der Waals surface area contributed by atoms with Crippen molar-refractivity contribution < 1.29 is 0 Å². The van der Waals surface area contributed by atoms with Gasteiger partial charge in [-0.2, -0.15) is 11.8 Å². The number of thioether (sulfide) groups is 1. The fraction of sp³-hybridized carbons (Fsp3) is 1.00. The Morgan fingerprint density at radius 1 is 1.41 bits per heavy atom. The quantitative estimate of drug-likeness (QED) is 0.789. The number of nitrogens with zero attached hydrogens (tertiary/aromatic N) is 1. The molecular weight excluding hydrogens is 228 g/mol. The molecule has 4 unspecified atom stereocenters. The fourth-order valence-corrected chi connectivity index (χ4v) is 3.06. The first-order valence-corrected chi connectivity index (χ1v) is 8.39. The summed E-state index contributed by atoms with van der Waals surface area (Å²) in [4.78, 5) is 2.68. The van der Waals surface area contributed by atoms with Gasteiger partial charge in [0.05, 0.1) is 0 Å². The molecular formula is C14H30N2S. The van der Waals surface area contributed by atoms with Crippen LogP contribution in [0.5, 0.6) is 0 Å². The van der Waals surface area contributed by atoms with Crippen LogP contribution in [0, 0.1) is 5.92 Å². The van der Waals surface area contributed by atoms with Crippen LogP contribution in [-0.4, -0.2) is 48.1 Å². The summed E-state index contributed by atoms with van der Waals surface area (Å²) >= 11 is 1.98. The van der Waals surface area contributed by atoms with E-state index in [2.05, 4.69) is 44.2 Å². The van der Waals surface area contributed by atoms with Crippen LogP contribution in [0.4, 0.5) is 0 Å². The van der Waals surface area contributed by atoms with Crippen LogP contribution in [0.15, 0.2) is 0 Å². The summed E-state index contributed by atoms with van der Waals surface area (Å²) in [6, 6.07) is 1.44. The van der Waals surface area contributed by atoms with E-state index in [-0.39, 0.29) is 0 Å². The molecule has 0 aromatic rings. The van der Waals surface area contributed by atoms with E-state index in [1.807, 2.05) is 11.8 Å². The van der Waals surface area contributed by atoms with Gasteiger partial charge in [-0.25, -0.2) is 0 Å². The molecule has 0 amide bonds. The zero-order chi connectivity index (χ0) is 12.8. The van der Waals surface area contributed by atoms with E-state index in [0.717, 1.165) is 17.2 Å². The Balaban J connectivity index is 2.44. The van der Waals surface area contributed by atoms with E-state index >= 15 is 0 Å². The molecule has 1 aliphatic rings. The second-order valence-electron chi connectivity index (χ2n) is 5.49. The van der Waals surface area contributed by atoms with Gasteiger partial charge >= 0.3 is 0 Å². The molecule has 1 aliphatic heterocycles. The maximum atomic E-state index is 3.71. The highest BCUT2D eigenvalue weighted by Crippen LogP contribution is 2.25. The molecule has 0 radical (unpaired) electrons. The first-order valence-electron chi connectivity index (χ1n) is 7.10. The topological polar surface area (TPSA) is 15.3 Å². The van der Waals surface area contributed by atoms with Crippen molar-refractivity contribution in [2.45, 2.75) is 57.9 Å². The third kappa shape index (κ3) is 4.46. The lowest BCUT2D eigenvalue weighted by Crippen LogP contribution is -2.54. The highest BCUT2D eigenvalue weighted by Gasteiger charge is 2.32. The van der Waals surface area contributed by atoms with Gasteiger partial charge in [-0.05, 0) is 45.0 Å². The van der Waals surface area contributed by atoms with Gasteiger partial charge in [0.1, 0.15) is 0 Å². The van der Waals surface area contributed by atoms with Crippen molar-refractivity contribution in [3.63, 3.8) is 0 Å². The number of piperidine rings is 1. The van der Waals surface area contributed by atoms with E-state index in [1.165, 1.54) is 32.5 Å². The van der Waals surface area contributed by atoms with Crippen LogP contribution in [0.2, 0.25) is 0 Å². The molecule has 0 aliphatic carbocycles. The minimum absolute atomic E-state index is 0.715. The minimum Gasteiger partial charge on any atom is -0.314 e. The van der Waals surface area contributed by atoms with Crippen molar-refractivity contribution in [2.75, 3.05) is 25.9 Å². The minimum atomic E-state index is 0.715. The molecule has 1 rings (SSSR count). The van der Waals surface area contributed by atoms with Crippen molar-refractivity contribution in [3.8, 4) is 0 Å². The summed E-state index contributed by atoms with van der Waals surface area (Å²) in [5.41, 5.74) is 0. The standard InChI is InChI=1S/C14H30N2S/c1-6-8-15-14-7-9-16(10-11(2)17-5)13(4)12(14)3/h11-15H,6-10H2,1-5H3. The Morgan fingerprint density at radius 3 is 2.71 bits per heavy atom. The molecule has 17 heavy (non-hydrogen) atoms. The Bertz CT molecular complexity index is 210. The van der Waals surface area contributed by atoms with E-state index in [0.29, 0.717) is 6.04 Å². The first kappa shape index (κ1) is 15.3. The molecule has 0 saturated carbocycles. The smallest absolute Gasteiger partial charge is 0.0144 e. The first-order chi connectivity index (χ1) is 8.10. The van der Waals surface area contributed by atoms with E-state index in [4.69, 9.17) is 0 Å². The van der Waals surface area contributed by atoms with Gasteiger partial charge in [-0.3, -0.25) is 4.90 Å². The summed E-state index contributed by atoms with van der Waals surface area (Å²) in [6.07, 6.45) is 4.77. The molecule has 0 bridgehead atoms. The largest absolute Gasteiger partial charge is 0.314 e. The van der Waals surface area contributed by atoms with Crippen molar-refractivity contribution in [1.82, 2.24) is 10.2 Å². The van der Waals surface area contributed by atoms with Gasteiger partial charge in [0.25, 0.3) is 0 Å². The van der Waals surface area contributed by atoms with Crippen molar-refractivity contribution in [3.05, 3.63) is 0 Å². The Morgan fingerprint density at radius 2 is 2.12 bits per heavy atom. The van der Waals surface area contributed by atoms with Gasteiger partial charge in [0, 0.05) is 23.9 Å². The number of rotatable bonds is 6. The molecule has 1 fully saturated rings. The molecule has 0 spiro atoms. The predicted molar refractivity (Wildman–Crippen MR) is 79.9 cm³/mol. The van der Waals surface area contributed by atoms with Gasteiger partial charge in [-0.15, -0.1) is 0 Å². The van der Waals surface area contributed by atoms with Crippen molar-refractivity contribution in [1.29, 1.82) is 0 Å². The maximum absolute atomic E-state index is 3.71. The predicted octanol–water partition coefficient (Wildman–Crippen LogP) is 2.84. The third-order valence-corrected chi connectivity index (χ3v) is 5.20. The van der Waals surface area contributed by atoms with Crippen LogP contribution < -0.4 is 5.32 Å². The summed E-state index contributed by atoms with van der Waals surface area (Å²) < 4.78 is 0. The number of hydrogen-bond acceptors (Lipinski definition) is 3. The lowest BCUT2D eigenvalue weighted by molar-refractivity contribution is 0.0865. The van der Waals surface area contributed by atoms with Gasteiger partial charge < -0.3 is 5.32 Å². The lowest BCUT2D eigenvalue weighted by atomic mass is 9.87. The molecule has 2 nitrogen and oxygen atoms in total. The number of likely N-dealkylation sites (tertiary alicyclic amines) is 1. The summed E-state index contributed by atoms with van der Waals surface area (Å²) in [6.45, 7) is 13.1. The van der Waals surface area contributed by atoms with Crippen LogP contribution in [0.1, 0.15) is 40.5 Å². The van der Waals surface area contributed by atoms with Crippen LogP contribution in [0.25, 0.3) is 0 Å². The zero-order valence-corrected chi connectivity index (χ0v) is 13.0. The van der Waals surface area contributed by atoms with Crippen LogP contribution >= 0.6 is 11.8 Å². The number of hydrogen-bond donors (Lipinski definition) is 1. The molecule has 3 heteroatoms. The Labute approximate surface area is 112 Å². The second-order valence-corrected chi connectivity index (χ2v) is 6.77. The molecule has 1 saturated heterocycles. The van der Waals surface area contributed by atoms with E-state index < -0.39 is 0 Å². The highest BCUT2D eigenvalue weighted by molar-refractivity contribution is 7.99. The highest BCUT2D eigenvalue weighted by atomic mass is 32.2. The SMILES string of the molecule is CCCNC1CCN(CC(C)SC)C(C)C1C. The van der Waals surface area contributed by atoms with Crippen LogP contribution in [0.3, 0.4) is 0 Å². The Hall–Kier alpha value is 0.270. The molecule has 102 valence electrons. The summed E-state index contributed by atoms with van der Waals surface area (Å²) in [5, 5.41) is 4.46. The van der Waals surface area contributed by atoms with Gasteiger partial charge in [-0.1, -0.05) is 20.8 Å². The summed E-state index contributed by atoms with van der Waals surface area (Å²) in [7, 11) is 0. The number of nitrogens with one attached hydrogen (secondary N) is 1. The average Bonchev–Trinajstić information content (AvgIpc) is 2.34. The maximum Gasteiger partial charge on any atom is 0.0144 e. The van der Waals surface area contributed by atoms with E-state index in [1.54, 1.807) is 0 Å². The normalized spacial score (nSPS) is 32.6. The molecule has 1 heterocycles. The summed E-state index contributed by atoms with van der Waals surface area (Å²) in [5.74, 6) is 0.768. The zero-order valence-electron chi connectivity index (χ0n) is 12.2. The third-order valence-electron chi connectivity index (χ3n) is 4.25. The molecule has 4 atom stereocenters. The lowest BCUT2D eigenvalue weighted by Gasteiger charge is -2.44. The van der Waals surface area contributed by atoms with E-state index in [9.17, 15) is 0 Å².